The van der Waals surface area contributed by atoms with Gasteiger partial charge in [-0.1, -0.05) is 67.6 Å². The molecule has 0 aliphatic rings. The SMILES string of the molecule is CCC(=O)OC(c1ccccc1)C(Cc1ccccc1)CN(C)C. The lowest BCUT2D eigenvalue weighted by atomic mass is 9.89. The van der Waals surface area contributed by atoms with Crippen molar-refractivity contribution < 1.29 is 9.53 Å². The largest absolute Gasteiger partial charge is 0.457 e. The molecule has 2 rings (SSSR count). The quantitative estimate of drug-likeness (QED) is 0.684. The van der Waals surface area contributed by atoms with Gasteiger partial charge in [0.15, 0.2) is 0 Å². The first-order valence-electron chi connectivity index (χ1n) is 8.53. The van der Waals surface area contributed by atoms with E-state index in [1.54, 1.807) is 0 Å². The van der Waals surface area contributed by atoms with Gasteiger partial charge in [0.05, 0.1) is 0 Å². The predicted octanol–water partition coefficient (Wildman–Crippen LogP) is 4.10. The van der Waals surface area contributed by atoms with Gasteiger partial charge in [-0.15, -0.1) is 0 Å². The molecule has 24 heavy (non-hydrogen) atoms. The summed E-state index contributed by atoms with van der Waals surface area (Å²) < 4.78 is 5.86. The topological polar surface area (TPSA) is 29.5 Å². The van der Waals surface area contributed by atoms with E-state index in [1.807, 2.05) is 43.3 Å². The molecule has 3 heteroatoms. The van der Waals surface area contributed by atoms with E-state index in [-0.39, 0.29) is 18.0 Å². The van der Waals surface area contributed by atoms with Crippen molar-refractivity contribution in [2.75, 3.05) is 20.6 Å². The normalized spacial score (nSPS) is 13.5. The smallest absolute Gasteiger partial charge is 0.306 e. The molecule has 0 radical (unpaired) electrons. The van der Waals surface area contributed by atoms with E-state index in [0.29, 0.717) is 6.42 Å². The highest BCUT2D eigenvalue weighted by Crippen LogP contribution is 2.30. The summed E-state index contributed by atoms with van der Waals surface area (Å²) in [4.78, 5) is 14.2. The van der Waals surface area contributed by atoms with Gasteiger partial charge in [0, 0.05) is 18.9 Å². The Bertz CT molecular complexity index is 610. The molecule has 128 valence electrons. The molecule has 0 amide bonds. The lowest BCUT2D eigenvalue weighted by molar-refractivity contribution is -0.152. The van der Waals surface area contributed by atoms with Crippen LogP contribution in [-0.4, -0.2) is 31.5 Å². The first-order chi connectivity index (χ1) is 11.6. The fourth-order valence-electron chi connectivity index (χ4n) is 2.96. The fraction of sp³-hybridized carbons (Fsp3) is 0.381. The van der Waals surface area contributed by atoms with E-state index in [9.17, 15) is 4.79 Å². The Labute approximate surface area is 145 Å². The summed E-state index contributed by atoms with van der Waals surface area (Å²) >= 11 is 0. The third-order valence-corrected chi connectivity index (χ3v) is 4.04. The molecule has 2 aromatic carbocycles. The van der Waals surface area contributed by atoms with Crippen LogP contribution in [0.25, 0.3) is 0 Å². The van der Waals surface area contributed by atoms with Gasteiger partial charge in [0.1, 0.15) is 6.10 Å². The summed E-state index contributed by atoms with van der Waals surface area (Å²) in [6.45, 7) is 2.69. The van der Waals surface area contributed by atoms with Crippen LogP contribution in [0, 0.1) is 5.92 Å². The Morgan fingerprint density at radius 1 is 1.00 bits per heavy atom. The van der Waals surface area contributed by atoms with Crippen molar-refractivity contribution >= 4 is 5.97 Å². The summed E-state index contributed by atoms with van der Waals surface area (Å²) in [5, 5.41) is 0. The maximum Gasteiger partial charge on any atom is 0.306 e. The van der Waals surface area contributed by atoms with E-state index in [4.69, 9.17) is 4.74 Å². The molecule has 2 unspecified atom stereocenters. The molecule has 2 aromatic rings. The number of ether oxygens (including phenoxy) is 1. The zero-order valence-corrected chi connectivity index (χ0v) is 14.8. The average Bonchev–Trinajstić information content (AvgIpc) is 2.60. The Morgan fingerprint density at radius 3 is 2.12 bits per heavy atom. The van der Waals surface area contributed by atoms with Crippen LogP contribution in [0.3, 0.4) is 0 Å². The van der Waals surface area contributed by atoms with Crippen LogP contribution in [0.1, 0.15) is 30.6 Å². The Kier molecular flexibility index (Phi) is 7.01. The molecular formula is C21H27NO2. The van der Waals surface area contributed by atoms with E-state index < -0.39 is 0 Å². The minimum Gasteiger partial charge on any atom is -0.457 e. The first-order valence-corrected chi connectivity index (χ1v) is 8.53. The van der Waals surface area contributed by atoms with Gasteiger partial charge in [-0.25, -0.2) is 0 Å². The third kappa shape index (κ3) is 5.50. The fourth-order valence-corrected chi connectivity index (χ4v) is 2.96. The van der Waals surface area contributed by atoms with Crippen LogP contribution in [-0.2, 0) is 16.0 Å². The summed E-state index contributed by atoms with van der Waals surface area (Å²) in [7, 11) is 4.11. The number of nitrogens with zero attached hydrogens (tertiary/aromatic N) is 1. The molecule has 0 saturated carbocycles. The second-order valence-electron chi connectivity index (χ2n) is 6.39. The molecule has 0 spiro atoms. The zero-order chi connectivity index (χ0) is 17.4. The second-order valence-corrected chi connectivity index (χ2v) is 6.39. The van der Waals surface area contributed by atoms with Gasteiger partial charge < -0.3 is 9.64 Å². The standard InChI is InChI=1S/C21H27NO2/c1-4-20(23)24-21(18-13-9-6-10-14-18)19(16-22(2)3)15-17-11-7-5-8-12-17/h5-14,19,21H,4,15-16H2,1-3H3. The zero-order valence-electron chi connectivity index (χ0n) is 14.8. The molecule has 0 aliphatic heterocycles. The van der Waals surface area contributed by atoms with E-state index >= 15 is 0 Å². The number of carbonyl (C=O) groups excluding carboxylic acids is 1. The maximum atomic E-state index is 12.0. The highest BCUT2D eigenvalue weighted by Gasteiger charge is 2.27. The number of esters is 1. The highest BCUT2D eigenvalue weighted by atomic mass is 16.5. The summed E-state index contributed by atoms with van der Waals surface area (Å²) in [5.74, 6) is 0.0426. The van der Waals surface area contributed by atoms with Crippen molar-refractivity contribution in [1.82, 2.24) is 4.90 Å². The van der Waals surface area contributed by atoms with Crippen molar-refractivity contribution in [3.05, 3.63) is 71.8 Å². The van der Waals surface area contributed by atoms with E-state index in [0.717, 1.165) is 18.5 Å². The second kappa shape index (κ2) is 9.24. The van der Waals surface area contributed by atoms with E-state index in [1.165, 1.54) is 5.56 Å². The number of hydrogen-bond donors (Lipinski definition) is 0. The van der Waals surface area contributed by atoms with Crippen molar-refractivity contribution in [1.29, 1.82) is 0 Å². The molecule has 2 atom stereocenters. The minimum atomic E-state index is -0.235. The van der Waals surface area contributed by atoms with Crippen LogP contribution < -0.4 is 0 Å². The third-order valence-electron chi connectivity index (χ3n) is 4.04. The lowest BCUT2D eigenvalue weighted by Crippen LogP contribution is -2.30. The highest BCUT2D eigenvalue weighted by molar-refractivity contribution is 5.69. The molecular weight excluding hydrogens is 298 g/mol. The summed E-state index contributed by atoms with van der Waals surface area (Å²) in [6.07, 6.45) is 1.03. The lowest BCUT2D eigenvalue weighted by Gasteiger charge is -2.30. The van der Waals surface area contributed by atoms with Gasteiger partial charge >= 0.3 is 5.97 Å². The monoisotopic (exact) mass is 325 g/mol. The van der Waals surface area contributed by atoms with Gasteiger partial charge in [0.2, 0.25) is 0 Å². The van der Waals surface area contributed by atoms with Crippen molar-refractivity contribution in [3.8, 4) is 0 Å². The van der Waals surface area contributed by atoms with Crippen LogP contribution in [0.4, 0.5) is 0 Å². The molecule has 0 N–H and O–H groups in total. The number of carbonyl (C=O) groups is 1. The Morgan fingerprint density at radius 2 is 1.58 bits per heavy atom. The summed E-state index contributed by atoms with van der Waals surface area (Å²) in [5.41, 5.74) is 2.32. The molecule has 0 heterocycles. The molecule has 0 aliphatic carbocycles. The molecule has 0 fully saturated rings. The maximum absolute atomic E-state index is 12.0. The number of benzene rings is 2. The van der Waals surface area contributed by atoms with Gasteiger partial charge in [-0.05, 0) is 31.6 Å². The number of hydrogen-bond acceptors (Lipinski definition) is 3. The van der Waals surface area contributed by atoms with Crippen molar-refractivity contribution in [3.63, 3.8) is 0 Å². The molecule has 3 nitrogen and oxygen atoms in total. The van der Waals surface area contributed by atoms with Crippen LogP contribution in [0.2, 0.25) is 0 Å². The van der Waals surface area contributed by atoms with Gasteiger partial charge in [-0.3, -0.25) is 4.79 Å². The van der Waals surface area contributed by atoms with Crippen molar-refractivity contribution in [2.24, 2.45) is 5.92 Å². The predicted molar refractivity (Wildman–Crippen MR) is 97.8 cm³/mol. The van der Waals surface area contributed by atoms with Crippen LogP contribution in [0.5, 0.6) is 0 Å². The Hall–Kier alpha value is -2.13. The molecule has 0 bridgehead atoms. The van der Waals surface area contributed by atoms with Crippen LogP contribution in [0.15, 0.2) is 60.7 Å². The number of rotatable bonds is 8. The van der Waals surface area contributed by atoms with Gasteiger partial charge in [0.25, 0.3) is 0 Å². The Balaban J connectivity index is 2.30. The van der Waals surface area contributed by atoms with Crippen LogP contribution >= 0.6 is 0 Å². The molecule has 0 aromatic heterocycles. The average molecular weight is 325 g/mol. The first kappa shape index (κ1) is 18.2. The minimum absolute atomic E-state index is 0.152. The van der Waals surface area contributed by atoms with E-state index in [2.05, 4.69) is 43.3 Å². The molecule has 0 saturated heterocycles. The summed E-state index contributed by atoms with van der Waals surface area (Å²) in [6, 6.07) is 20.5. The van der Waals surface area contributed by atoms with Crippen molar-refractivity contribution in [2.45, 2.75) is 25.9 Å². The van der Waals surface area contributed by atoms with Gasteiger partial charge in [-0.2, -0.15) is 0 Å².